The number of carbonyl (C=O) groups is 3. The number of esters is 3. The molecule has 38 heavy (non-hydrogen) atoms. The minimum Gasteiger partial charge on any atom is -0.490 e. The second-order valence-electron chi connectivity index (χ2n) is 9.59. The molecule has 0 aromatic heterocycles. The second kappa shape index (κ2) is 14.8. The summed E-state index contributed by atoms with van der Waals surface area (Å²) in [5.41, 5.74) is 0.820. The lowest BCUT2D eigenvalue weighted by Gasteiger charge is -2.17. The van der Waals surface area contributed by atoms with Gasteiger partial charge in [0.2, 0.25) is 0 Å². The number of benzene rings is 1. The van der Waals surface area contributed by atoms with E-state index in [9.17, 15) is 18.8 Å². The first-order valence-corrected chi connectivity index (χ1v) is 11.9. The Hall–Kier alpha value is -3.88. The van der Waals surface area contributed by atoms with Crippen molar-refractivity contribution in [2.24, 2.45) is 5.41 Å². The minimum atomic E-state index is -0.744. The third kappa shape index (κ3) is 11.5. The van der Waals surface area contributed by atoms with Gasteiger partial charge in [0.25, 0.3) is 0 Å². The number of rotatable bonds is 13. The van der Waals surface area contributed by atoms with E-state index in [0.717, 1.165) is 0 Å². The zero-order valence-electron chi connectivity index (χ0n) is 23.2. The molecule has 0 atom stereocenters. The van der Waals surface area contributed by atoms with Gasteiger partial charge < -0.3 is 23.7 Å². The zero-order valence-corrected chi connectivity index (χ0v) is 23.2. The summed E-state index contributed by atoms with van der Waals surface area (Å²) in [5.74, 6) is -1.81. The van der Waals surface area contributed by atoms with Crippen LogP contribution in [0.4, 0.5) is 4.39 Å². The molecule has 0 saturated heterocycles. The molecule has 0 amide bonds. The number of allylic oxidation sites excluding steroid dienone is 4. The second-order valence-corrected chi connectivity index (χ2v) is 9.59. The van der Waals surface area contributed by atoms with Crippen molar-refractivity contribution >= 4 is 23.5 Å². The summed E-state index contributed by atoms with van der Waals surface area (Å²) in [6.07, 6.45) is 1.21. The topological polar surface area (TPSA) is 97.4 Å². The van der Waals surface area contributed by atoms with Crippen LogP contribution in [0.2, 0.25) is 0 Å². The molecule has 1 rings (SSSR count). The predicted octanol–water partition coefficient (Wildman–Crippen LogP) is 5.88. The van der Waals surface area contributed by atoms with Gasteiger partial charge in [-0.15, -0.1) is 0 Å². The van der Waals surface area contributed by atoms with Crippen LogP contribution < -0.4 is 9.47 Å². The van der Waals surface area contributed by atoms with Crippen LogP contribution in [-0.2, 0) is 28.6 Å². The first-order valence-electron chi connectivity index (χ1n) is 11.9. The van der Waals surface area contributed by atoms with Gasteiger partial charge in [-0.2, -0.15) is 0 Å². The van der Waals surface area contributed by atoms with Crippen molar-refractivity contribution in [3.63, 3.8) is 0 Å². The molecular formula is C29H37FO8. The molecule has 0 saturated carbocycles. The van der Waals surface area contributed by atoms with Crippen molar-refractivity contribution in [1.29, 1.82) is 0 Å². The Labute approximate surface area is 223 Å². The molecule has 0 bridgehead atoms. The maximum Gasteiger partial charge on any atom is 0.338 e. The normalized spacial score (nSPS) is 12.2. The molecule has 0 spiro atoms. The van der Waals surface area contributed by atoms with E-state index < -0.39 is 23.2 Å². The van der Waals surface area contributed by atoms with Crippen LogP contribution in [0.25, 0.3) is 5.57 Å². The largest absolute Gasteiger partial charge is 0.490 e. The summed E-state index contributed by atoms with van der Waals surface area (Å²) in [4.78, 5) is 35.2. The van der Waals surface area contributed by atoms with Crippen molar-refractivity contribution in [3.8, 4) is 11.5 Å². The van der Waals surface area contributed by atoms with E-state index in [1.54, 1.807) is 52.8 Å². The zero-order chi connectivity index (χ0) is 29.0. The van der Waals surface area contributed by atoms with Gasteiger partial charge in [-0.1, -0.05) is 13.2 Å². The van der Waals surface area contributed by atoms with Gasteiger partial charge in [-0.05, 0) is 77.8 Å². The molecule has 0 aliphatic carbocycles. The fraction of sp³-hybridized carbons (Fsp3) is 0.414. The SMILES string of the molecule is C=C(C)C(=O)OCCOc1cc(OCCOC(=O)C(C)(C)C)cc(/C(C)=C/C(F)=C(\C)OC(=O)C(=C)C)c1. The molecule has 0 N–H and O–H groups in total. The van der Waals surface area contributed by atoms with Gasteiger partial charge in [0.05, 0.1) is 5.41 Å². The Morgan fingerprint density at radius 2 is 1.32 bits per heavy atom. The van der Waals surface area contributed by atoms with Crippen LogP contribution in [0.15, 0.2) is 60.2 Å². The molecule has 0 unspecified atom stereocenters. The number of ether oxygens (including phenoxy) is 5. The highest BCUT2D eigenvalue weighted by molar-refractivity contribution is 5.88. The Balaban J connectivity index is 3.09. The van der Waals surface area contributed by atoms with E-state index in [1.807, 2.05) is 0 Å². The fourth-order valence-electron chi connectivity index (χ4n) is 2.54. The number of carbonyl (C=O) groups excluding carboxylic acids is 3. The predicted molar refractivity (Wildman–Crippen MR) is 142 cm³/mol. The molecule has 0 radical (unpaired) electrons. The van der Waals surface area contributed by atoms with Crippen molar-refractivity contribution in [2.45, 2.75) is 48.5 Å². The van der Waals surface area contributed by atoms with E-state index in [1.165, 1.54) is 19.9 Å². The summed E-state index contributed by atoms with van der Waals surface area (Å²) in [5, 5.41) is 0. The maximum atomic E-state index is 14.7. The quantitative estimate of drug-likeness (QED) is 0.0776. The minimum absolute atomic E-state index is 0.00562. The van der Waals surface area contributed by atoms with Gasteiger partial charge in [0.15, 0.2) is 5.83 Å². The molecule has 0 heterocycles. The smallest absolute Gasteiger partial charge is 0.338 e. The highest BCUT2D eigenvalue weighted by atomic mass is 19.1. The molecule has 0 aliphatic rings. The molecule has 1 aromatic rings. The standard InChI is InChI=1S/C29H37FO8/c1-18(2)26(31)36-12-10-34-23-15-22(20(5)14-25(30)21(6)38-27(32)19(3)4)16-24(17-23)35-11-13-37-28(33)29(7,8)9/h14-17H,1,3,10-13H2,2,4-9H3/b20-14+,25-21-. The van der Waals surface area contributed by atoms with Gasteiger partial charge >= 0.3 is 17.9 Å². The number of hydrogen-bond donors (Lipinski definition) is 0. The summed E-state index contributed by atoms with van der Waals surface area (Å²) in [7, 11) is 0. The van der Waals surface area contributed by atoms with Crippen LogP contribution in [0, 0.1) is 5.41 Å². The van der Waals surface area contributed by atoms with Gasteiger partial charge in [-0.3, -0.25) is 4.79 Å². The first-order chi connectivity index (χ1) is 17.6. The lowest BCUT2D eigenvalue weighted by molar-refractivity contribution is -0.153. The van der Waals surface area contributed by atoms with Crippen LogP contribution >= 0.6 is 0 Å². The fourth-order valence-corrected chi connectivity index (χ4v) is 2.54. The lowest BCUT2D eigenvalue weighted by atomic mass is 9.97. The highest BCUT2D eigenvalue weighted by Gasteiger charge is 2.22. The Kier molecular flexibility index (Phi) is 12.5. The van der Waals surface area contributed by atoms with Crippen LogP contribution in [0.1, 0.15) is 54.0 Å². The Bertz CT molecular complexity index is 1120. The molecule has 8 nitrogen and oxygen atoms in total. The molecule has 208 valence electrons. The molecule has 1 aromatic carbocycles. The number of hydrogen-bond acceptors (Lipinski definition) is 8. The van der Waals surface area contributed by atoms with Crippen molar-refractivity contribution < 1.29 is 42.5 Å². The molecular weight excluding hydrogens is 495 g/mol. The third-order valence-corrected chi connectivity index (χ3v) is 4.74. The van der Waals surface area contributed by atoms with Crippen molar-refractivity contribution in [1.82, 2.24) is 0 Å². The third-order valence-electron chi connectivity index (χ3n) is 4.74. The molecule has 9 heteroatoms. The monoisotopic (exact) mass is 532 g/mol. The average Bonchev–Trinajstić information content (AvgIpc) is 2.83. The van der Waals surface area contributed by atoms with Gasteiger partial charge in [-0.25, -0.2) is 14.0 Å². The summed E-state index contributed by atoms with van der Waals surface area (Å²) in [6.45, 7) is 18.4. The average molecular weight is 533 g/mol. The van der Waals surface area contributed by atoms with Crippen molar-refractivity contribution in [3.05, 3.63) is 65.7 Å². The first kappa shape index (κ1) is 32.1. The van der Waals surface area contributed by atoms with Crippen LogP contribution in [0.5, 0.6) is 11.5 Å². The summed E-state index contributed by atoms with van der Waals surface area (Å²) in [6, 6.07) is 4.92. The van der Waals surface area contributed by atoms with Crippen molar-refractivity contribution in [2.75, 3.05) is 26.4 Å². The molecule has 0 aliphatic heterocycles. The molecule has 0 fully saturated rings. The Morgan fingerprint density at radius 3 is 1.79 bits per heavy atom. The van der Waals surface area contributed by atoms with E-state index in [0.29, 0.717) is 22.6 Å². The van der Waals surface area contributed by atoms with E-state index in [4.69, 9.17) is 23.7 Å². The Morgan fingerprint density at radius 1 is 0.816 bits per heavy atom. The van der Waals surface area contributed by atoms with Crippen LogP contribution in [-0.4, -0.2) is 44.3 Å². The van der Waals surface area contributed by atoms with E-state index >= 15 is 0 Å². The van der Waals surface area contributed by atoms with E-state index in [-0.39, 0.29) is 49.3 Å². The number of halogens is 1. The van der Waals surface area contributed by atoms with Gasteiger partial charge in [0.1, 0.15) is 43.7 Å². The summed E-state index contributed by atoms with van der Waals surface area (Å²) >= 11 is 0. The summed E-state index contributed by atoms with van der Waals surface area (Å²) < 4.78 is 41.3. The van der Waals surface area contributed by atoms with E-state index in [2.05, 4.69) is 13.2 Å². The van der Waals surface area contributed by atoms with Crippen LogP contribution in [0.3, 0.4) is 0 Å². The lowest BCUT2D eigenvalue weighted by Crippen LogP contribution is -2.24. The van der Waals surface area contributed by atoms with Gasteiger partial charge in [0, 0.05) is 17.2 Å². The highest BCUT2D eigenvalue weighted by Crippen LogP contribution is 2.29. The maximum absolute atomic E-state index is 14.7.